The molecule has 230 valence electrons. The lowest BCUT2D eigenvalue weighted by Gasteiger charge is -2.34. The van der Waals surface area contributed by atoms with Crippen LogP contribution in [-0.2, 0) is 32.6 Å². The fourth-order valence-corrected chi connectivity index (χ4v) is 5.60. The van der Waals surface area contributed by atoms with E-state index < -0.39 is 28.5 Å². The molecule has 3 aromatic rings. The van der Waals surface area contributed by atoms with Gasteiger partial charge in [-0.2, -0.15) is 0 Å². The number of sulfonamides is 1. The van der Waals surface area contributed by atoms with Crippen LogP contribution in [0.25, 0.3) is 0 Å². The molecule has 0 aliphatic carbocycles. The highest BCUT2D eigenvalue weighted by atomic mass is 32.2. The number of rotatable bonds is 13. The van der Waals surface area contributed by atoms with Gasteiger partial charge >= 0.3 is 0 Å². The molecule has 1 aliphatic rings. The molecule has 11 heteroatoms. The minimum Gasteiger partial charge on any atom is -0.497 e. The average molecular weight is 610 g/mol. The number of nitrogens with one attached hydrogen (secondary N) is 1. The van der Waals surface area contributed by atoms with Crippen LogP contribution < -0.4 is 23.8 Å². The third-order valence-electron chi connectivity index (χ3n) is 7.25. The maximum absolute atomic E-state index is 14.3. The topological polar surface area (TPSA) is 114 Å². The van der Waals surface area contributed by atoms with Gasteiger partial charge in [0.2, 0.25) is 21.8 Å². The van der Waals surface area contributed by atoms with Crippen molar-refractivity contribution in [2.75, 3.05) is 37.4 Å². The molecule has 0 aromatic heterocycles. The molecule has 0 unspecified atom stereocenters. The Kier molecular flexibility index (Phi) is 10.5. The summed E-state index contributed by atoms with van der Waals surface area (Å²) in [4.78, 5) is 29.5. The predicted octanol–water partition coefficient (Wildman–Crippen LogP) is 3.79. The molecule has 0 fully saturated rings. The maximum atomic E-state index is 14.3. The highest BCUT2D eigenvalue weighted by molar-refractivity contribution is 7.92. The first kappa shape index (κ1) is 31.7. The summed E-state index contributed by atoms with van der Waals surface area (Å²) in [6.45, 7) is 4.12. The number of hydrogen-bond acceptors (Lipinski definition) is 7. The number of ether oxygens (including phenoxy) is 3. The van der Waals surface area contributed by atoms with Crippen LogP contribution in [-0.4, -0.2) is 70.3 Å². The largest absolute Gasteiger partial charge is 0.497 e. The van der Waals surface area contributed by atoms with Gasteiger partial charge in [-0.15, -0.1) is 0 Å². The zero-order valence-corrected chi connectivity index (χ0v) is 25.8. The van der Waals surface area contributed by atoms with Crippen molar-refractivity contribution in [2.45, 2.75) is 45.3 Å². The van der Waals surface area contributed by atoms with Crippen LogP contribution >= 0.6 is 0 Å². The molecule has 2 amide bonds. The first-order valence-electron chi connectivity index (χ1n) is 14.2. The summed E-state index contributed by atoms with van der Waals surface area (Å²) in [6.07, 6.45) is 1.99. The van der Waals surface area contributed by atoms with Crippen LogP contribution in [0.4, 0.5) is 5.69 Å². The van der Waals surface area contributed by atoms with Gasteiger partial charge in [0.15, 0.2) is 11.5 Å². The predicted molar refractivity (Wildman–Crippen MR) is 165 cm³/mol. The molecule has 0 spiro atoms. The number of benzene rings is 3. The minimum absolute atomic E-state index is 0.0558. The maximum Gasteiger partial charge on any atom is 0.244 e. The summed E-state index contributed by atoms with van der Waals surface area (Å²) < 4.78 is 43.8. The van der Waals surface area contributed by atoms with Gasteiger partial charge in [-0.1, -0.05) is 49.4 Å². The third kappa shape index (κ3) is 8.41. The Morgan fingerprint density at radius 2 is 1.65 bits per heavy atom. The molecule has 0 radical (unpaired) electrons. The van der Waals surface area contributed by atoms with Crippen molar-refractivity contribution in [2.24, 2.45) is 0 Å². The summed E-state index contributed by atoms with van der Waals surface area (Å²) in [5.41, 5.74) is 1.85. The molecule has 3 aromatic carbocycles. The zero-order chi connectivity index (χ0) is 31.0. The van der Waals surface area contributed by atoms with Crippen molar-refractivity contribution in [3.63, 3.8) is 0 Å². The number of methoxy groups -OCH3 is 1. The summed E-state index contributed by atoms with van der Waals surface area (Å²) >= 11 is 0. The van der Waals surface area contributed by atoms with Crippen LogP contribution in [0.3, 0.4) is 0 Å². The fourth-order valence-electron chi connectivity index (χ4n) is 4.76. The lowest BCUT2D eigenvalue weighted by molar-refractivity contribution is -0.140. The van der Waals surface area contributed by atoms with Gasteiger partial charge in [0.1, 0.15) is 31.5 Å². The van der Waals surface area contributed by atoms with E-state index in [1.54, 1.807) is 43.5 Å². The summed E-state index contributed by atoms with van der Waals surface area (Å²) in [7, 11) is -2.36. The van der Waals surface area contributed by atoms with E-state index >= 15 is 0 Å². The van der Waals surface area contributed by atoms with E-state index in [2.05, 4.69) is 5.32 Å². The monoisotopic (exact) mass is 609 g/mol. The van der Waals surface area contributed by atoms with E-state index in [1.165, 1.54) is 4.90 Å². The number of carbonyl (C=O) groups excluding carboxylic acids is 2. The highest BCUT2D eigenvalue weighted by Crippen LogP contribution is 2.35. The van der Waals surface area contributed by atoms with Gasteiger partial charge in [-0.25, -0.2) is 8.42 Å². The Morgan fingerprint density at radius 1 is 0.953 bits per heavy atom. The molecule has 4 rings (SSSR count). The molecule has 0 saturated carbocycles. The van der Waals surface area contributed by atoms with E-state index in [-0.39, 0.29) is 30.6 Å². The highest BCUT2D eigenvalue weighted by Gasteiger charge is 2.34. The number of anilines is 1. The Balaban J connectivity index is 1.74. The van der Waals surface area contributed by atoms with E-state index in [9.17, 15) is 18.0 Å². The summed E-state index contributed by atoms with van der Waals surface area (Å²) in [5, 5.41) is 3.02. The van der Waals surface area contributed by atoms with Crippen LogP contribution in [0.1, 0.15) is 31.4 Å². The van der Waals surface area contributed by atoms with Gasteiger partial charge in [0, 0.05) is 25.1 Å². The van der Waals surface area contributed by atoms with Crippen molar-refractivity contribution in [3.8, 4) is 17.2 Å². The SMILES string of the molecule is CC[C@H](C)NC(=O)[C@@H](Cc1ccccc1)N(Cc1cccc(OC)c1)C(=O)CN(c1ccc2c(c1)OCCO2)S(C)(=O)=O. The molecule has 1 heterocycles. The van der Waals surface area contributed by atoms with Crippen LogP contribution in [0, 0.1) is 0 Å². The Hall–Kier alpha value is -4.25. The number of amides is 2. The van der Waals surface area contributed by atoms with E-state index in [1.807, 2.05) is 50.2 Å². The molecule has 43 heavy (non-hydrogen) atoms. The van der Waals surface area contributed by atoms with Crippen molar-refractivity contribution < 1.29 is 32.2 Å². The van der Waals surface area contributed by atoms with Crippen LogP contribution in [0.15, 0.2) is 72.8 Å². The molecular formula is C32H39N3O7S. The Morgan fingerprint density at radius 3 is 2.33 bits per heavy atom. The van der Waals surface area contributed by atoms with E-state index in [0.717, 1.165) is 21.7 Å². The Bertz CT molecular complexity index is 1510. The molecule has 1 aliphatic heterocycles. The van der Waals surface area contributed by atoms with Crippen molar-refractivity contribution in [3.05, 3.63) is 83.9 Å². The molecule has 10 nitrogen and oxygen atoms in total. The molecule has 1 N–H and O–H groups in total. The fraction of sp³-hybridized carbons (Fsp3) is 0.375. The molecular weight excluding hydrogens is 570 g/mol. The van der Waals surface area contributed by atoms with E-state index in [4.69, 9.17) is 14.2 Å². The number of hydrogen-bond donors (Lipinski definition) is 1. The lowest BCUT2D eigenvalue weighted by Crippen LogP contribution is -2.54. The van der Waals surface area contributed by atoms with Crippen molar-refractivity contribution in [1.82, 2.24) is 10.2 Å². The van der Waals surface area contributed by atoms with Crippen molar-refractivity contribution >= 4 is 27.5 Å². The minimum atomic E-state index is -3.92. The van der Waals surface area contributed by atoms with Gasteiger partial charge in [-0.3, -0.25) is 13.9 Å². The number of carbonyl (C=O) groups is 2. The zero-order valence-electron chi connectivity index (χ0n) is 25.0. The van der Waals surface area contributed by atoms with Gasteiger partial charge in [0.05, 0.1) is 19.1 Å². The third-order valence-corrected chi connectivity index (χ3v) is 8.39. The second-order valence-electron chi connectivity index (χ2n) is 10.5. The first-order valence-corrected chi connectivity index (χ1v) is 16.1. The average Bonchev–Trinajstić information content (AvgIpc) is 3.01. The first-order chi connectivity index (χ1) is 20.6. The van der Waals surface area contributed by atoms with Gasteiger partial charge < -0.3 is 24.4 Å². The lowest BCUT2D eigenvalue weighted by atomic mass is 10.0. The number of fused-ring (bicyclic) bond motifs is 1. The normalized spacial score (nSPS) is 13.9. The second kappa shape index (κ2) is 14.3. The second-order valence-corrected chi connectivity index (χ2v) is 12.4. The quantitative estimate of drug-likeness (QED) is 0.314. The van der Waals surface area contributed by atoms with Crippen molar-refractivity contribution in [1.29, 1.82) is 0 Å². The molecule has 0 bridgehead atoms. The van der Waals surface area contributed by atoms with E-state index in [0.29, 0.717) is 36.9 Å². The summed E-state index contributed by atoms with van der Waals surface area (Å²) in [5.74, 6) is 0.637. The van der Waals surface area contributed by atoms with Crippen LogP contribution in [0.5, 0.6) is 17.2 Å². The number of nitrogens with zero attached hydrogens (tertiary/aromatic N) is 2. The summed E-state index contributed by atoms with van der Waals surface area (Å²) in [6, 6.07) is 20.4. The van der Waals surface area contributed by atoms with Gasteiger partial charge in [0.25, 0.3) is 0 Å². The smallest absolute Gasteiger partial charge is 0.244 e. The molecule has 0 saturated heterocycles. The molecule has 2 atom stereocenters. The Labute approximate surface area is 253 Å². The van der Waals surface area contributed by atoms with Gasteiger partial charge in [-0.05, 0) is 48.7 Å². The van der Waals surface area contributed by atoms with Crippen LogP contribution in [0.2, 0.25) is 0 Å². The standard InChI is InChI=1S/C32H39N3O7S/c1-5-23(2)33-32(37)28(19-24-10-7-6-8-11-24)34(21-25-12-9-13-27(18-25)40-3)31(36)22-35(43(4,38)39)26-14-15-29-30(20-26)42-17-16-41-29/h6-15,18,20,23,28H,5,16-17,19,21-22H2,1-4H3,(H,33,37)/t23-,28+/m0/s1.